The van der Waals surface area contributed by atoms with Gasteiger partial charge in [-0.25, -0.2) is 9.37 Å². The van der Waals surface area contributed by atoms with Gasteiger partial charge in [-0.05, 0) is 48.7 Å². The molecule has 2 aromatic carbocycles. The number of thioether (sulfide) groups is 1. The number of aromatic nitrogens is 1. The van der Waals surface area contributed by atoms with E-state index in [2.05, 4.69) is 10.3 Å². The zero-order valence-electron chi connectivity index (χ0n) is 16.1. The van der Waals surface area contributed by atoms with Gasteiger partial charge >= 0.3 is 5.97 Å². The smallest absolute Gasteiger partial charge is 0.307 e. The lowest BCUT2D eigenvalue weighted by molar-refractivity contribution is -0.147. The van der Waals surface area contributed by atoms with Crippen LogP contribution in [0.25, 0.3) is 10.2 Å². The van der Waals surface area contributed by atoms with Crippen molar-refractivity contribution in [3.8, 4) is 0 Å². The molecule has 0 saturated heterocycles. The quantitative estimate of drug-likeness (QED) is 0.487. The molecule has 156 valence electrons. The number of rotatable bonds is 6. The molecule has 1 heterocycles. The molecular weight excluding hydrogens is 423 g/mol. The van der Waals surface area contributed by atoms with Crippen LogP contribution in [0, 0.1) is 17.7 Å². The van der Waals surface area contributed by atoms with E-state index in [-0.39, 0.29) is 11.7 Å². The Labute approximate surface area is 181 Å². The summed E-state index contributed by atoms with van der Waals surface area (Å²) in [7, 11) is 0. The molecule has 2 N–H and O–H groups in total. The van der Waals surface area contributed by atoms with Crippen LogP contribution in [0.5, 0.6) is 0 Å². The van der Waals surface area contributed by atoms with Crippen LogP contribution in [0.1, 0.15) is 31.2 Å². The minimum Gasteiger partial charge on any atom is -0.481 e. The number of hydrogen-bond acceptors (Lipinski definition) is 5. The number of carbonyl (C=O) groups excluding carboxylic acids is 1. The lowest BCUT2D eigenvalue weighted by atomic mass is 9.78. The van der Waals surface area contributed by atoms with Crippen LogP contribution >= 0.6 is 23.1 Å². The molecule has 1 fully saturated rings. The Balaban J connectivity index is 1.43. The van der Waals surface area contributed by atoms with E-state index in [0.29, 0.717) is 24.3 Å². The van der Waals surface area contributed by atoms with Gasteiger partial charge in [-0.15, -0.1) is 11.3 Å². The monoisotopic (exact) mass is 444 g/mol. The molecule has 30 heavy (non-hydrogen) atoms. The molecule has 5 nitrogen and oxygen atoms in total. The molecule has 1 aliphatic carbocycles. The van der Waals surface area contributed by atoms with Crippen molar-refractivity contribution in [2.75, 3.05) is 5.32 Å². The van der Waals surface area contributed by atoms with Crippen molar-refractivity contribution in [1.82, 2.24) is 4.98 Å². The first kappa shape index (κ1) is 20.8. The van der Waals surface area contributed by atoms with Crippen LogP contribution in [0.2, 0.25) is 0 Å². The van der Waals surface area contributed by atoms with Crippen molar-refractivity contribution in [2.45, 2.75) is 35.8 Å². The van der Waals surface area contributed by atoms with Crippen molar-refractivity contribution >= 4 is 50.9 Å². The molecule has 1 amide bonds. The Hall–Kier alpha value is -2.45. The lowest BCUT2D eigenvalue weighted by Gasteiger charge is -2.27. The zero-order chi connectivity index (χ0) is 21.1. The highest BCUT2D eigenvalue weighted by Crippen LogP contribution is 2.34. The maximum atomic E-state index is 13.0. The highest BCUT2D eigenvalue weighted by molar-refractivity contribution is 8.00. The number of carboxylic acids is 1. The predicted octanol–water partition coefficient (Wildman–Crippen LogP) is 5.56. The second-order valence-electron chi connectivity index (χ2n) is 7.40. The van der Waals surface area contributed by atoms with Crippen LogP contribution in [0.3, 0.4) is 0 Å². The number of benzene rings is 2. The third kappa shape index (κ3) is 4.82. The molecular formula is C22H21FN2O3S2. The Kier molecular flexibility index (Phi) is 6.34. The van der Waals surface area contributed by atoms with E-state index >= 15 is 0 Å². The van der Waals surface area contributed by atoms with E-state index in [9.17, 15) is 19.1 Å². The normalized spacial score (nSPS) is 19.0. The number of halogens is 1. The summed E-state index contributed by atoms with van der Waals surface area (Å²) in [5.74, 6) is -1.77. The standard InChI is InChI=1S/C22H21FN2O3S2/c23-14-7-5-13(6-8-14)12-29-22-25-18-10-9-15(11-19(18)30-22)24-20(26)16-3-1-2-4-17(16)21(27)28/h5-11,16-17H,1-4,12H2,(H,24,26)(H,27,28). The van der Waals surface area contributed by atoms with Gasteiger partial charge in [0.25, 0.3) is 0 Å². The number of fused-ring (bicyclic) bond motifs is 1. The van der Waals surface area contributed by atoms with Gasteiger partial charge in [0.05, 0.1) is 22.1 Å². The Morgan fingerprint density at radius 3 is 2.60 bits per heavy atom. The molecule has 0 spiro atoms. The van der Waals surface area contributed by atoms with E-state index in [1.807, 2.05) is 12.1 Å². The van der Waals surface area contributed by atoms with Crippen LogP contribution in [0.15, 0.2) is 46.8 Å². The second-order valence-corrected chi connectivity index (χ2v) is 9.66. The van der Waals surface area contributed by atoms with Crippen LogP contribution in [-0.2, 0) is 15.3 Å². The summed E-state index contributed by atoms with van der Waals surface area (Å²) in [6, 6.07) is 12.0. The van der Waals surface area contributed by atoms with E-state index in [1.54, 1.807) is 30.0 Å². The third-order valence-electron chi connectivity index (χ3n) is 5.33. The molecule has 3 aromatic rings. The third-order valence-corrected chi connectivity index (χ3v) is 7.56. The summed E-state index contributed by atoms with van der Waals surface area (Å²) < 4.78 is 14.9. The first-order valence-corrected chi connectivity index (χ1v) is 11.6. The van der Waals surface area contributed by atoms with Crippen molar-refractivity contribution < 1.29 is 19.1 Å². The number of nitrogens with one attached hydrogen (secondary N) is 1. The molecule has 4 rings (SSSR count). The van der Waals surface area contributed by atoms with Crippen LogP contribution in [0.4, 0.5) is 10.1 Å². The first-order valence-electron chi connectivity index (χ1n) is 9.81. The van der Waals surface area contributed by atoms with Crippen LogP contribution in [-0.4, -0.2) is 22.0 Å². The molecule has 2 unspecified atom stereocenters. The van der Waals surface area contributed by atoms with Crippen LogP contribution < -0.4 is 5.32 Å². The van der Waals surface area contributed by atoms with Crippen molar-refractivity contribution in [3.05, 3.63) is 53.8 Å². The van der Waals surface area contributed by atoms with Crippen molar-refractivity contribution in [3.63, 3.8) is 0 Å². The predicted molar refractivity (Wildman–Crippen MR) is 117 cm³/mol. The van der Waals surface area contributed by atoms with Crippen molar-refractivity contribution in [2.24, 2.45) is 11.8 Å². The molecule has 0 bridgehead atoms. The minimum absolute atomic E-state index is 0.225. The lowest BCUT2D eigenvalue weighted by Crippen LogP contribution is -2.36. The van der Waals surface area contributed by atoms with E-state index < -0.39 is 17.8 Å². The Bertz CT molecular complexity index is 1070. The van der Waals surface area contributed by atoms with E-state index in [4.69, 9.17) is 0 Å². The zero-order valence-corrected chi connectivity index (χ0v) is 17.8. The average molecular weight is 445 g/mol. The largest absolute Gasteiger partial charge is 0.481 e. The maximum Gasteiger partial charge on any atom is 0.307 e. The fraction of sp³-hybridized carbons (Fsp3) is 0.318. The van der Waals surface area contributed by atoms with Gasteiger partial charge in [0.2, 0.25) is 5.91 Å². The number of anilines is 1. The fourth-order valence-corrected chi connectivity index (χ4v) is 5.81. The van der Waals surface area contributed by atoms with Gasteiger partial charge < -0.3 is 10.4 Å². The van der Waals surface area contributed by atoms with E-state index in [1.165, 1.54) is 23.5 Å². The van der Waals surface area contributed by atoms with Gasteiger partial charge in [-0.3, -0.25) is 9.59 Å². The van der Waals surface area contributed by atoms with Gasteiger partial charge in [-0.2, -0.15) is 0 Å². The molecule has 1 aromatic heterocycles. The average Bonchev–Trinajstić information content (AvgIpc) is 3.15. The van der Waals surface area contributed by atoms with Gasteiger partial charge in [0, 0.05) is 11.4 Å². The number of thiazole rings is 1. The summed E-state index contributed by atoms with van der Waals surface area (Å²) in [6.07, 6.45) is 2.89. The number of hydrogen-bond donors (Lipinski definition) is 2. The first-order chi connectivity index (χ1) is 14.5. The molecule has 0 aliphatic heterocycles. The van der Waals surface area contributed by atoms with Crippen molar-refractivity contribution in [1.29, 1.82) is 0 Å². The topological polar surface area (TPSA) is 79.3 Å². The number of carbonyl (C=O) groups is 2. The summed E-state index contributed by atoms with van der Waals surface area (Å²) in [4.78, 5) is 28.8. The maximum absolute atomic E-state index is 13.0. The summed E-state index contributed by atoms with van der Waals surface area (Å²) >= 11 is 3.12. The number of carboxylic acid groups (broad SMARTS) is 1. The Morgan fingerprint density at radius 2 is 1.87 bits per heavy atom. The number of nitrogens with zero attached hydrogens (tertiary/aromatic N) is 1. The van der Waals surface area contributed by atoms with Gasteiger partial charge in [-0.1, -0.05) is 36.7 Å². The summed E-state index contributed by atoms with van der Waals surface area (Å²) in [5, 5.41) is 12.3. The number of amides is 1. The molecule has 8 heteroatoms. The fourth-order valence-electron chi connectivity index (χ4n) is 3.74. The summed E-state index contributed by atoms with van der Waals surface area (Å²) in [5.41, 5.74) is 2.52. The van der Waals surface area contributed by atoms with E-state index in [0.717, 1.165) is 33.0 Å². The summed E-state index contributed by atoms with van der Waals surface area (Å²) in [6.45, 7) is 0. The SMILES string of the molecule is O=C(O)C1CCCCC1C(=O)Nc1ccc2nc(SCc3ccc(F)cc3)sc2c1. The highest BCUT2D eigenvalue weighted by atomic mass is 32.2. The second kappa shape index (κ2) is 9.14. The van der Waals surface area contributed by atoms with Gasteiger partial charge in [0.1, 0.15) is 5.82 Å². The number of aliphatic carboxylic acids is 1. The highest BCUT2D eigenvalue weighted by Gasteiger charge is 2.35. The molecule has 1 aliphatic rings. The minimum atomic E-state index is -0.893. The molecule has 1 saturated carbocycles. The molecule has 2 atom stereocenters. The molecule has 0 radical (unpaired) electrons. The Morgan fingerprint density at radius 1 is 1.13 bits per heavy atom. The van der Waals surface area contributed by atoms with Gasteiger partial charge in [0.15, 0.2) is 4.34 Å².